The van der Waals surface area contributed by atoms with E-state index in [2.05, 4.69) is 5.32 Å². The van der Waals surface area contributed by atoms with Gasteiger partial charge in [0.1, 0.15) is 0 Å². The van der Waals surface area contributed by atoms with Crippen molar-refractivity contribution >= 4 is 5.91 Å². The molecule has 0 heterocycles. The van der Waals surface area contributed by atoms with Crippen molar-refractivity contribution < 1.29 is 23.1 Å². The van der Waals surface area contributed by atoms with Gasteiger partial charge in [-0.3, -0.25) is 4.79 Å². The quantitative estimate of drug-likeness (QED) is 0.728. The van der Waals surface area contributed by atoms with Crippen molar-refractivity contribution in [2.45, 2.75) is 50.7 Å². The molecule has 4 nitrogen and oxygen atoms in total. The van der Waals surface area contributed by atoms with E-state index in [1.165, 1.54) is 0 Å². The van der Waals surface area contributed by atoms with Crippen molar-refractivity contribution in [2.24, 2.45) is 11.1 Å². The molecule has 0 bridgehead atoms. The number of alkyl halides is 3. The van der Waals surface area contributed by atoms with Crippen LogP contribution in [0.5, 0.6) is 0 Å². The first kappa shape index (κ1) is 16.2. The number of nitrogens with one attached hydrogen (secondary N) is 1. The van der Waals surface area contributed by atoms with Crippen molar-refractivity contribution in [3.05, 3.63) is 0 Å². The Morgan fingerprint density at radius 2 is 1.84 bits per heavy atom. The Labute approximate surface area is 110 Å². The van der Waals surface area contributed by atoms with Gasteiger partial charge in [-0.25, -0.2) is 0 Å². The molecule has 1 fully saturated rings. The topological polar surface area (TPSA) is 75.4 Å². The fraction of sp³-hybridized carbons (Fsp3) is 0.917. The molecule has 7 heteroatoms. The van der Waals surface area contributed by atoms with Gasteiger partial charge in [-0.1, -0.05) is 19.3 Å². The summed E-state index contributed by atoms with van der Waals surface area (Å²) in [6, 6.07) is 0. The standard InChI is InChI=1S/C12H21F3N2O2/c1-10(16,12(13,14)15)9(19)17-7-11(8-18)5-3-2-4-6-11/h18H,2-8,16H2,1H3,(H,17,19). The molecule has 1 rings (SSSR count). The van der Waals surface area contributed by atoms with Crippen molar-refractivity contribution in [1.29, 1.82) is 0 Å². The molecule has 0 saturated heterocycles. The summed E-state index contributed by atoms with van der Waals surface area (Å²) in [7, 11) is 0. The molecule has 0 aromatic carbocycles. The van der Waals surface area contributed by atoms with Gasteiger partial charge in [0.05, 0.1) is 6.61 Å². The second-order valence-electron chi connectivity index (χ2n) is 5.60. The molecule has 1 atom stereocenters. The van der Waals surface area contributed by atoms with Gasteiger partial charge in [0.2, 0.25) is 5.91 Å². The van der Waals surface area contributed by atoms with E-state index in [9.17, 15) is 23.1 Å². The summed E-state index contributed by atoms with van der Waals surface area (Å²) in [5.41, 5.74) is 1.63. The maximum absolute atomic E-state index is 12.6. The maximum Gasteiger partial charge on any atom is 0.415 e. The summed E-state index contributed by atoms with van der Waals surface area (Å²) in [5, 5.41) is 11.7. The highest BCUT2D eigenvalue weighted by atomic mass is 19.4. The summed E-state index contributed by atoms with van der Waals surface area (Å²) in [6.45, 7) is 0.542. The lowest BCUT2D eigenvalue weighted by atomic mass is 9.74. The highest BCUT2D eigenvalue weighted by Gasteiger charge is 2.54. The van der Waals surface area contributed by atoms with E-state index in [4.69, 9.17) is 5.73 Å². The Bertz CT molecular complexity index is 323. The lowest BCUT2D eigenvalue weighted by Gasteiger charge is -2.37. The van der Waals surface area contributed by atoms with Crippen LogP contribution in [-0.2, 0) is 4.79 Å². The molecule has 4 N–H and O–H groups in total. The molecule has 1 unspecified atom stereocenters. The summed E-state index contributed by atoms with van der Waals surface area (Å²) in [6.07, 6.45) is -0.512. The minimum Gasteiger partial charge on any atom is -0.396 e. The Hall–Kier alpha value is -0.820. The van der Waals surface area contributed by atoms with Crippen LogP contribution in [0.1, 0.15) is 39.0 Å². The van der Waals surface area contributed by atoms with E-state index in [0.717, 1.165) is 19.3 Å². The average molecular weight is 282 g/mol. The van der Waals surface area contributed by atoms with Crippen molar-refractivity contribution in [3.8, 4) is 0 Å². The van der Waals surface area contributed by atoms with Crippen LogP contribution in [0.2, 0.25) is 0 Å². The van der Waals surface area contributed by atoms with E-state index in [1.807, 2.05) is 0 Å². The van der Waals surface area contributed by atoms with Crippen LogP contribution in [0, 0.1) is 5.41 Å². The molecule has 0 spiro atoms. The fourth-order valence-corrected chi connectivity index (χ4v) is 2.27. The third-order valence-electron chi connectivity index (χ3n) is 3.93. The minimum atomic E-state index is -4.80. The number of nitrogens with two attached hydrogens (primary N) is 1. The van der Waals surface area contributed by atoms with E-state index >= 15 is 0 Å². The fourth-order valence-electron chi connectivity index (χ4n) is 2.27. The van der Waals surface area contributed by atoms with Crippen LogP contribution >= 0.6 is 0 Å². The number of carbonyl (C=O) groups is 1. The van der Waals surface area contributed by atoms with Crippen molar-refractivity contribution in [3.63, 3.8) is 0 Å². The molecular weight excluding hydrogens is 261 g/mol. The second-order valence-corrected chi connectivity index (χ2v) is 5.60. The molecule has 19 heavy (non-hydrogen) atoms. The second kappa shape index (κ2) is 5.66. The highest BCUT2D eigenvalue weighted by molar-refractivity contribution is 5.86. The number of amides is 1. The van der Waals surface area contributed by atoms with Gasteiger partial charge in [-0.05, 0) is 19.8 Å². The maximum atomic E-state index is 12.6. The summed E-state index contributed by atoms with van der Waals surface area (Å²) < 4.78 is 37.8. The monoisotopic (exact) mass is 282 g/mol. The van der Waals surface area contributed by atoms with Gasteiger partial charge in [-0.15, -0.1) is 0 Å². The molecule has 1 aliphatic carbocycles. The Balaban J connectivity index is 2.62. The van der Waals surface area contributed by atoms with E-state index < -0.39 is 23.0 Å². The minimum absolute atomic E-state index is 0.0329. The van der Waals surface area contributed by atoms with Gasteiger partial charge in [0.25, 0.3) is 0 Å². The number of carbonyl (C=O) groups excluding carboxylic acids is 1. The van der Waals surface area contributed by atoms with Crippen LogP contribution in [0.3, 0.4) is 0 Å². The molecule has 0 radical (unpaired) electrons. The van der Waals surface area contributed by atoms with Gasteiger partial charge >= 0.3 is 6.18 Å². The zero-order valence-corrected chi connectivity index (χ0v) is 11.0. The number of hydrogen-bond acceptors (Lipinski definition) is 3. The van der Waals surface area contributed by atoms with Gasteiger partial charge in [0, 0.05) is 12.0 Å². The number of hydrogen-bond donors (Lipinski definition) is 3. The van der Waals surface area contributed by atoms with E-state index in [1.54, 1.807) is 0 Å². The predicted octanol–water partition coefficient (Wildman–Crippen LogP) is 1.33. The summed E-state index contributed by atoms with van der Waals surface area (Å²) in [5.74, 6) is -1.25. The first-order valence-electron chi connectivity index (χ1n) is 6.39. The smallest absolute Gasteiger partial charge is 0.396 e. The first-order chi connectivity index (χ1) is 8.65. The number of aliphatic hydroxyl groups is 1. The lowest BCUT2D eigenvalue weighted by Crippen LogP contribution is -2.62. The van der Waals surface area contributed by atoms with Crippen LogP contribution in [0.15, 0.2) is 0 Å². The first-order valence-corrected chi connectivity index (χ1v) is 6.39. The molecule has 0 aliphatic heterocycles. The molecule has 112 valence electrons. The molecule has 1 saturated carbocycles. The van der Waals surface area contributed by atoms with E-state index in [0.29, 0.717) is 19.8 Å². The number of halogens is 3. The molecule has 1 aliphatic rings. The average Bonchev–Trinajstić information content (AvgIpc) is 2.35. The zero-order chi connectivity index (χ0) is 14.7. The summed E-state index contributed by atoms with van der Waals surface area (Å²) >= 11 is 0. The highest BCUT2D eigenvalue weighted by Crippen LogP contribution is 2.35. The molecular formula is C12H21F3N2O2. The van der Waals surface area contributed by atoms with Crippen molar-refractivity contribution in [1.82, 2.24) is 5.32 Å². The predicted molar refractivity (Wildman–Crippen MR) is 64.3 cm³/mol. The van der Waals surface area contributed by atoms with E-state index in [-0.39, 0.29) is 13.2 Å². The normalized spacial score (nSPS) is 22.6. The Morgan fingerprint density at radius 1 is 1.32 bits per heavy atom. The van der Waals surface area contributed by atoms with Crippen LogP contribution in [-0.4, -0.2) is 35.9 Å². The van der Waals surface area contributed by atoms with Gasteiger partial charge in [0.15, 0.2) is 5.54 Å². The van der Waals surface area contributed by atoms with Gasteiger partial charge < -0.3 is 16.2 Å². The Kier molecular flexibility index (Phi) is 4.84. The Morgan fingerprint density at radius 3 is 2.26 bits per heavy atom. The zero-order valence-electron chi connectivity index (χ0n) is 11.0. The summed E-state index contributed by atoms with van der Waals surface area (Å²) in [4.78, 5) is 11.6. The molecule has 0 aromatic rings. The SMILES string of the molecule is CC(N)(C(=O)NCC1(CO)CCCCC1)C(F)(F)F. The largest absolute Gasteiger partial charge is 0.415 e. The van der Waals surface area contributed by atoms with Crippen LogP contribution in [0.25, 0.3) is 0 Å². The third-order valence-corrected chi connectivity index (χ3v) is 3.93. The van der Waals surface area contributed by atoms with Gasteiger partial charge in [-0.2, -0.15) is 13.2 Å². The molecule has 0 aromatic heterocycles. The third kappa shape index (κ3) is 3.60. The number of aliphatic hydroxyl groups excluding tert-OH is 1. The van der Waals surface area contributed by atoms with Crippen LogP contribution in [0.4, 0.5) is 13.2 Å². The molecule has 1 amide bonds. The van der Waals surface area contributed by atoms with Crippen LogP contribution < -0.4 is 11.1 Å². The number of rotatable bonds is 4. The lowest BCUT2D eigenvalue weighted by molar-refractivity contribution is -0.187. The van der Waals surface area contributed by atoms with Crippen molar-refractivity contribution in [2.75, 3.05) is 13.2 Å².